The number of methoxy groups -OCH3 is 1. The molecule has 1 heterocycles. The van der Waals surface area contributed by atoms with Crippen LogP contribution in [0.1, 0.15) is 24.7 Å². The maximum absolute atomic E-state index is 6.01. The summed E-state index contributed by atoms with van der Waals surface area (Å²) < 4.78 is 13.3. The molecule has 2 aromatic rings. The summed E-state index contributed by atoms with van der Waals surface area (Å²) in [7, 11) is 3.60. The van der Waals surface area contributed by atoms with Crippen LogP contribution in [-0.4, -0.2) is 14.2 Å². The Morgan fingerprint density at radius 3 is 2.68 bits per heavy atom. The Morgan fingerprint density at radius 2 is 2.11 bits per heavy atom. The fourth-order valence-electron chi connectivity index (χ4n) is 2.25. The molecule has 0 bridgehead atoms. The molecule has 0 saturated heterocycles. The van der Waals surface area contributed by atoms with Crippen molar-refractivity contribution in [2.24, 2.45) is 0 Å². The number of hydrogen-bond acceptors (Lipinski definition) is 3. The minimum absolute atomic E-state index is 0.727. The first-order valence-corrected chi connectivity index (χ1v) is 7.83. The number of ether oxygens (including phenoxy) is 1. The number of nitrogens with one attached hydrogen (secondary N) is 1. The second-order valence-electron chi connectivity index (χ2n) is 4.36. The zero-order valence-electron chi connectivity index (χ0n) is 11.3. The second-order valence-corrected chi connectivity index (χ2v) is 6.01. The average Bonchev–Trinajstić information content (AvgIpc) is 2.75. The third kappa shape index (κ3) is 2.69. The fourth-order valence-corrected chi connectivity index (χ4v) is 3.43. The van der Waals surface area contributed by atoms with E-state index in [-0.39, 0.29) is 0 Å². The lowest BCUT2D eigenvalue weighted by atomic mass is 10.1. The van der Waals surface area contributed by atoms with Crippen LogP contribution in [0.25, 0.3) is 11.0 Å². The maximum Gasteiger partial charge on any atom is 0.150 e. The van der Waals surface area contributed by atoms with Gasteiger partial charge in [0.2, 0.25) is 0 Å². The van der Waals surface area contributed by atoms with Crippen LogP contribution < -0.4 is 10.1 Å². The highest BCUT2D eigenvalue weighted by Gasteiger charge is 2.20. The maximum atomic E-state index is 6.01. The molecular formula is C14H17Br2NO2. The summed E-state index contributed by atoms with van der Waals surface area (Å²) in [5, 5.41) is 4.27. The summed E-state index contributed by atoms with van der Waals surface area (Å²) >= 11 is 7.19. The summed E-state index contributed by atoms with van der Waals surface area (Å²) in [6.07, 6.45) is 2.06. The van der Waals surface area contributed by atoms with Crippen molar-refractivity contribution >= 4 is 42.8 Å². The Labute approximate surface area is 129 Å². The third-order valence-corrected chi connectivity index (χ3v) is 4.43. The van der Waals surface area contributed by atoms with Crippen molar-refractivity contribution in [2.45, 2.75) is 26.3 Å². The molecule has 0 spiro atoms. The van der Waals surface area contributed by atoms with Crippen molar-refractivity contribution in [3.8, 4) is 5.75 Å². The lowest BCUT2D eigenvalue weighted by molar-refractivity contribution is 0.412. The highest BCUT2D eigenvalue weighted by molar-refractivity contribution is 9.11. The first-order valence-electron chi connectivity index (χ1n) is 6.24. The van der Waals surface area contributed by atoms with E-state index in [0.717, 1.165) is 50.8 Å². The highest BCUT2D eigenvalue weighted by atomic mass is 79.9. The standard InChI is InChI=1S/C14H17Br2NO2/c1-4-5-8-11(7-17-2)19-14-9(15)6-10(18-3)13(16)12(8)14/h6,17H,4-5,7H2,1-3H3. The molecule has 0 aliphatic carbocycles. The van der Waals surface area contributed by atoms with Crippen LogP contribution in [0.5, 0.6) is 5.75 Å². The van der Waals surface area contributed by atoms with Gasteiger partial charge in [-0.3, -0.25) is 0 Å². The van der Waals surface area contributed by atoms with E-state index in [0.29, 0.717) is 0 Å². The van der Waals surface area contributed by atoms with E-state index in [1.54, 1.807) is 7.11 Å². The normalized spacial score (nSPS) is 11.2. The van der Waals surface area contributed by atoms with E-state index in [4.69, 9.17) is 9.15 Å². The zero-order chi connectivity index (χ0) is 14.0. The molecule has 2 rings (SSSR count). The lowest BCUT2D eigenvalue weighted by Gasteiger charge is -2.06. The number of fused-ring (bicyclic) bond motifs is 1. The van der Waals surface area contributed by atoms with E-state index in [2.05, 4.69) is 44.1 Å². The fraction of sp³-hybridized carbons (Fsp3) is 0.429. The molecule has 0 saturated carbocycles. The first kappa shape index (κ1) is 14.9. The van der Waals surface area contributed by atoms with Crippen LogP contribution in [0.15, 0.2) is 19.4 Å². The number of benzene rings is 1. The summed E-state index contributed by atoms with van der Waals surface area (Å²) in [6, 6.07) is 1.93. The van der Waals surface area contributed by atoms with Gasteiger partial charge in [-0.1, -0.05) is 13.3 Å². The van der Waals surface area contributed by atoms with E-state index >= 15 is 0 Å². The third-order valence-electron chi connectivity index (χ3n) is 3.06. The van der Waals surface area contributed by atoms with Gasteiger partial charge in [0.05, 0.1) is 22.6 Å². The van der Waals surface area contributed by atoms with Crippen LogP contribution >= 0.6 is 31.9 Å². The topological polar surface area (TPSA) is 34.4 Å². The molecule has 0 fully saturated rings. The van der Waals surface area contributed by atoms with Crippen molar-refractivity contribution in [2.75, 3.05) is 14.2 Å². The Hall–Kier alpha value is -0.520. The summed E-state index contributed by atoms with van der Waals surface area (Å²) in [5.41, 5.74) is 2.12. The molecule has 0 aliphatic heterocycles. The lowest BCUT2D eigenvalue weighted by Crippen LogP contribution is -2.06. The van der Waals surface area contributed by atoms with Crippen molar-refractivity contribution in [1.82, 2.24) is 5.32 Å². The molecule has 19 heavy (non-hydrogen) atoms. The molecule has 1 aromatic carbocycles. The second kappa shape index (κ2) is 6.29. The Morgan fingerprint density at radius 1 is 1.37 bits per heavy atom. The van der Waals surface area contributed by atoms with Gasteiger partial charge >= 0.3 is 0 Å². The molecule has 0 radical (unpaired) electrons. The van der Waals surface area contributed by atoms with Gasteiger partial charge < -0.3 is 14.5 Å². The number of rotatable bonds is 5. The molecule has 1 N–H and O–H groups in total. The van der Waals surface area contributed by atoms with E-state index in [1.165, 1.54) is 5.56 Å². The molecule has 0 atom stereocenters. The number of hydrogen-bond donors (Lipinski definition) is 1. The molecule has 0 unspecified atom stereocenters. The summed E-state index contributed by atoms with van der Waals surface area (Å²) in [5.74, 6) is 1.81. The monoisotopic (exact) mass is 389 g/mol. The van der Waals surface area contributed by atoms with Gasteiger partial charge in [-0.25, -0.2) is 0 Å². The van der Waals surface area contributed by atoms with Crippen LogP contribution in [0.4, 0.5) is 0 Å². The van der Waals surface area contributed by atoms with Crippen molar-refractivity contribution in [1.29, 1.82) is 0 Å². The molecule has 0 aliphatic rings. The Kier molecular flexibility index (Phi) is 4.92. The largest absolute Gasteiger partial charge is 0.496 e. The van der Waals surface area contributed by atoms with Gasteiger partial charge in [0.25, 0.3) is 0 Å². The predicted octanol–water partition coefficient (Wildman–Crippen LogP) is 4.64. The van der Waals surface area contributed by atoms with Gasteiger partial charge in [0.1, 0.15) is 17.1 Å². The molecule has 0 amide bonds. The van der Waals surface area contributed by atoms with Crippen molar-refractivity contribution < 1.29 is 9.15 Å². The van der Waals surface area contributed by atoms with Gasteiger partial charge in [-0.05, 0) is 51.4 Å². The average molecular weight is 391 g/mol. The van der Waals surface area contributed by atoms with Crippen LogP contribution in [0.2, 0.25) is 0 Å². The minimum Gasteiger partial charge on any atom is -0.496 e. The molecular weight excluding hydrogens is 374 g/mol. The minimum atomic E-state index is 0.727. The molecule has 104 valence electrons. The SMILES string of the molecule is CCCc1c(CNC)oc2c(Br)cc(OC)c(Br)c12. The first-order chi connectivity index (χ1) is 9.13. The van der Waals surface area contributed by atoms with Gasteiger partial charge in [-0.15, -0.1) is 0 Å². The van der Waals surface area contributed by atoms with Gasteiger partial charge in [0, 0.05) is 10.9 Å². The smallest absolute Gasteiger partial charge is 0.150 e. The molecule has 1 aromatic heterocycles. The van der Waals surface area contributed by atoms with Crippen LogP contribution in [0.3, 0.4) is 0 Å². The van der Waals surface area contributed by atoms with E-state index < -0.39 is 0 Å². The van der Waals surface area contributed by atoms with Crippen LogP contribution in [-0.2, 0) is 13.0 Å². The predicted molar refractivity (Wildman–Crippen MR) is 84.9 cm³/mol. The van der Waals surface area contributed by atoms with Gasteiger partial charge in [0.15, 0.2) is 0 Å². The Balaban J connectivity index is 2.76. The van der Waals surface area contributed by atoms with Gasteiger partial charge in [-0.2, -0.15) is 0 Å². The highest BCUT2D eigenvalue weighted by Crippen LogP contribution is 2.42. The quantitative estimate of drug-likeness (QED) is 0.807. The summed E-state index contributed by atoms with van der Waals surface area (Å²) in [4.78, 5) is 0. The Bertz CT molecular complexity index is 593. The van der Waals surface area contributed by atoms with E-state index in [1.807, 2.05) is 13.1 Å². The summed E-state index contributed by atoms with van der Waals surface area (Å²) in [6.45, 7) is 2.90. The molecule has 5 heteroatoms. The number of halogens is 2. The zero-order valence-corrected chi connectivity index (χ0v) is 14.4. The van der Waals surface area contributed by atoms with Crippen molar-refractivity contribution in [3.63, 3.8) is 0 Å². The number of furan rings is 1. The number of aryl methyl sites for hydroxylation is 1. The molecule has 3 nitrogen and oxygen atoms in total. The van der Waals surface area contributed by atoms with Crippen LogP contribution in [0, 0.1) is 0 Å². The van der Waals surface area contributed by atoms with Crippen molar-refractivity contribution in [3.05, 3.63) is 26.3 Å². The van der Waals surface area contributed by atoms with E-state index in [9.17, 15) is 0 Å².